The van der Waals surface area contributed by atoms with Crippen molar-refractivity contribution in [2.45, 2.75) is 59.0 Å². The van der Waals surface area contributed by atoms with Crippen molar-refractivity contribution >= 4 is 50.7 Å². The van der Waals surface area contributed by atoms with Crippen LogP contribution in [0.2, 0.25) is 10.0 Å². The molecule has 10 heteroatoms. The van der Waals surface area contributed by atoms with E-state index in [1.807, 2.05) is 32.9 Å². The third kappa shape index (κ3) is 8.39. The van der Waals surface area contributed by atoms with Gasteiger partial charge in [0.05, 0.1) is 22.0 Å². The minimum absolute atomic E-state index is 0.0712. The highest BCUT2D eigenvalue weighted by Gasteiger charge is 2.31. The molecule has 198 valence electrons. The van der Waals surface area contributed by atoms with Gasteiger partial charge in [0.25, 0.3) is 0 Å². The number of unbranched alkanes of at least 4 members (excludes halogenated alkanes) is 1. The third-order valence-corrected chi connectivity index (χ3v) is 7.74. The number of carbonyl (C=O) groups is 2. The van der Waals surface area contributed by atoms with Gasteiger partial charge in [0, 0.05) is 13.1 Å². The van der Waals surface area contributed by atoms with Crippen LogP contribution in [0.3, 0.4) is 0 Å². The van der Waals surface area contributed by atoms with Gasteiger partial charge >= 0.3 is 0 Å². The summed E-state index contributed by atoms with van der Waals surface area (Å²) < 4.78 is 26.4. The van der Waals surface area contributed by atoms with Crippen LogP contribution in [0.5, 0.6) is 0 Å². The Balaban J connectivity index is 2.42. The van der Waals surface area contributed by atoms with Crippen LogP contribution in [0.15, 0.2) is 42.5 Å². The number of hydrogen-bond donors (Lipinski definition) is 1. The topological polar surface area (TPSA) is 86.8 Å². The van der Waals surface area contributed by atoms with E-state index in [1.54, 1.807) is 30.3 Å². The molecule has 7 nitrogen and oxygen atoms in total. The first-order chi connectivity index (χ1) is 17.0. The molecule has 36 heavy (non-hydrogen) atoms. The number of halogens is 2. The largest absolute Gasteiger partial charge is 0.354 e. The first kappa shape index (κ1) is 29.9. The average molecular weight is 557 g/mol. The van der Waals surface area contributed by atoms with E-state index in [0.29, 0.717) is 34.3 Å². The van der Waals surface area contributed by atoms with Crippen molar-refractivity contribution in [3.8, 4) is 0 Å². The first-order valence-corrected chi connectivity index (χ1v) is 14.7. The van der Waals surface area contributed by atoms with Crippen LogP contribution in [0.1, 0.15) is 51.2 Å². The number of nitrogens with one attached hydrogen (secondary N) is 1. The summed E-state index contributed by atoms with van der Waals surface area (Å²) in [5, 5.41) is 3.60. The lowest BCUT2D eigenvalue weighted by atomic mass is 10.1. The highest BCUT2D eigenvalue weighted by atomic mass is 35.5. The molecule has 0 heterocycles. The smallest absolute Gasteiger partial charge is 0.244 e. The van der Waals surface area contributed by atoms with Gasteiger partial charge in [-0.25, -0.2) is 8.42 Å². The summed E-state index contributed by atoms with van der Waals surface area (Å²) in [7, 11) is -3.77. The third-order valence-electron chi connectivity index (χ3n) is 5.86. The zero-order valence-corrected chi connectivity index (χ0v) is 23.6. The number of nitrogens with zero attached hydrogens (tertiary/aromatic N) is 2. The zero-order valence-electron chi connectivity index (χ0n) is 21.3. The molecule has 0 bridgehead atoms. The standard InChI is InChI=1S/C26H35Cl2N3O4S/c1-5-8-15-29-26(33)24(7-3)30(17-20-11-14-22(27)23(28)16-20)25(32)18-31(36(4,34)35)21-12-9-19(6-2)10-13-21/h9-14,16,24H,5-8,15,17-18H2,1-4H3,(H,29,33)/t24-/m0/s1. The Morgan fingerprint density at radius 3 is 2.14 bits per heavy atom. The molecule has 0 aliphatic rings. The quantitative estimate of drug-likeness (QED) is 0.350. The minimum atomic E-state index is -3.77. The van der Waals surface area contributed by atoms with Gasteiger partial charge < -0.3 is 10.2 Å². The SMILES string of the molecule is CCCCNC(=O)[C@H](CC)N(Cc1ccc(Cl)c(Cl)c1)C(=O)CN(c1ccc(CC)cc1)S(C)(=O)=O. The van der Waals surface area contributed by atoms with Crippen LogP contribution in [0.4, 0.5) is 5.69 Å². The minimum Gasteiger partial charge on any atom is -0.354 e. The van der Waals surface area contributed by atoms with Gasteiger partial charge in [-0.3, -0.25) is 13.9 Å². The fourth-order valence-electron chi connectivity index (χ4n) is 3.77. The van der Waals surface area contributed by atoms with Crippen LogP contribution in [-0.4, -0.2) is 50.5 Å². The molecule has 1 N–H and O–H groups in total. The van der Waals surface area contributed by atoms with E-state index < -0.39 is 28.5 Å². The van der Waals surface area contributed by atoms with E-state index in [4.69, 9.17) is 23.2 Å². The van der Waals surface area contributed by atoms with Gasteiger partial charge in [-0.05, 0) is 54.7 Å². The van der Waals surface area contributed by atoms with Gasteiger partial charge in [-0.2, -0.15) is 0 Å². The molecule has 2 amide bonds. The number of anilines is 1. The molecular formula is C26H35Cl2N3O4S. The predicted octanol–water partition coefficient (Wildman–Crippen LogP) is 5.05. The second-order valence-electron chi connectivity index (χ2n) is 8.63. The van der Waals surface area contributed by atoms with Crippen LogP contribution in [0.25, 0.3) is 0 Å². The Morgan fingerprint density at radius 1 is 0.972 bits per heavy atom. The molecule has 0 spiro atoms. The highest BCUT2D eigenvalue weighted by Crippen LogP contribution is 2.25. The van der Waals surface area contributed by atoms with E-state index in [2.05, 4.69) is 5.32 Å². The van der Waals surface area contributed by atoms with E-state index in [0.717, 1.165) is 35.4 Å². The van der Waals surface area contributed by atoms with Crippen LogP contribution in [-0.2, 0) is 32.6 Å². The van der Waals surface area contributed by atoms with Crippen molar-refractivity contribution in [3.05, 3.63) is 63.6 Å². The number of carbonyl (C=O) groups excluding carboxylic acids is 2. The summed E-state index contributed by atoms with van der Waals surface area (Å²) in [5.74, 6) is -0.777. The Morgan fingerprint density at radius 2 is 1.61 bits per heavy atom. The first-order valence-electron chi connectivity index (χ1n) is 12.1. The number of rotatable bonds is 13. The Bertz CT molecular complexity index is 1140. The van der Waals surface area contributed by atoms with E-state index in [1.165, 1.54) is 4.90 Å². The monoisotopic (exact) mass is 555 g/mol. The summed E-state index contributed by atoms with van der Waals surface area (Å²) in [4.78, 5) is 28.1. The second-order valence-corrected chi connectivity index (χ2v) is 11.3. The van der Waals surface area contributed by atoms with E-state index in [9.17, 15) is 18.0 Å². The van der Waals surface area contributed by atoms with Crippen LogP contribution in [0, 0.1) is 0 Å². The van der Waals surface area contributed by atoms with Crippen molar-refractivity contribution in [2.75, 3.05) is 23.7 Å². The molecule has 2 aromatic rings. The van der Waals surface area contributed by atoms with Gasteiger partial charge in [-0.1, -0.05) is 68.6 Å². The van der Waals surface area contributed by atoms with Crippen molar-refractivity contribution in [3.63, 3.8) is 0 Å². The predicted molar refractivity (Wildman–Crippen MR) is 147 cm³/mol. The molecule has 0 saturated carbocycles. The lowest BCUT2D eigenvalue weighted by molar-refractivity contribution is -0.140. The molecule has 2 rings (SSSR count). The molecule has 0 fully saturated rings. The Kier molecular flexibility index (Phi) is 11.5. The van der Waals surface area contributed by atoms with Gasteiger partial charge in [0.15, 0.2) is 0 Å². The molecule has 0 aliphatic heterocycles. The number of benzene rings is 2. The van der Waals surface area contributed by atoms with Gasteiger partial charge in [0.1, 0.15) is 12.6 Å². The van der Waals surface area contributed by atoms with Crippen molar-refractivity contribution in [1.82, 2.24) is 10.2 Å². The number of sulfonamides is 1. The summed E-state index contributed by atoms with van der Waals surface area (Å²) in [6.45, 7) is 5.98. The van der Waals surface area contributed by atoms with Crippen molar-refractivity contribution < 1.29 is 18.0 Å². The fraction of sp³-hybridized carbons (Fsp3) is 0.462. The molecule has 0 unspecified atom stereocenters. The molecule has 0 radical (unpaired) electrons. The lowest BCUT2D eigenvalue weighted by Crippen LogP contribution is -2.52. The van der Waals surface area contributed by atoms with E-state index in [-0.39, 0.29) is 12.5 Å². The Hall–Kier alpha value is -2.29. The molecule has 0 aliphatic carbocycles. The highest BCUT2D eigenvalue weighted by molar-refractivity contribution is 7.92. The molecule has 2 aromatic carbocycles. The van der Waals surface area contributed by atoms with Gasteiger partial charge in [0.2, 0.25) is 21.8 Å². The van der Waals surface area contributed by atoms with E-state index >= 15 is 0 Å². The molecule has 0 saturated heterocycles. The maximum Gasteiger partial charge on any atom is 0.244 e. The van der Waals surface area contributed by atoms with Crippen molar-refractivity contribution in [2.24, 2.45) is 0 Å². The van der Waals surface area contributed by atoms with Crippen LogP contribution < -0.4 is 9.62 Å². The lowest BCUT2D eigenvalue weighted by Gasteiger charge is -2.33. The zero-order chi connectivity index (χ0) is 26.9. The van der Waals surface area contributed by atoms with Crippen molar-refractivity contribution in [1.29, 1.82) is 0 Å². The molecular weight excluding hydrogens is 521 g/mol. The Labute approximate surface area is 224 Å². The second kappa shape index (κ2) is 13.9. The number of hydrogen-bond acceptors (Lipinski definition) is 4. The van der Waals surface area contributed by atoms with Gasteiger partial charge in [-0.15, -0.1) is 0 Å². The summed E-state index contributed by atoms with van der Waals surface area (Å²) in [6, 6.07) is 11.3. The average Bonchev–Trinajstić information content (AvgIpc) is 2.84. The molecule has 0 aromatic heterocycles. The maximum absolute atomic E-state index is 13.7. The summed E-state index contributed by atoms with van der Waals surface area (Å²) in [5.41, 5.74) is 2.11. The summed E-state index contributed by atoms with van der Waals surface area (Å²) in [6.07, 6.45) is 3.96. The number of aryl methyl sites for hydroxylation is 1. The van der Waals surface area contributed by atoms with Crippen LogP contribution >= 0.6 is 23.2 Å². The molecule has 1 atom stereocenters. The normalized spacial score (nSPS) is 12.2. The maximum atomic E-state index is 13.7. The number of amides is 2. The summed E-state index contributed by atoms with van der Waals surface area (Å²) >= 11 is 12.2. The fourth-order valence-corrected chi connectivity index (χ4v) is 4.94.